The smallest absolute Gasteiger partial charge is 0.248 e. The van der Waals surface area contributed by atoms with Gasteiger partial charge in [-0.2, -0.15) is 0 Å². The Labute approximate surface area is 166 Å². The van der Waals surface area contributed by atoms with E-state index in [1.165, 1.54) is 20.3 Å². The minimum absolute atomic E-state index is 0.312. The zero-order chi connectivity index (χ0) is 20.9. The number of nitrogens with zero attached hydrogens (tertiary/aromatic N) is 1. The van der Waals surface area contributed by atoms with E-state index < -0.39 is 22.0 Å². The quantitative estimate of drug-likeness (QED) is 0.728. The van der Waals surface area contributed by atoms with Gasteiger partial charge in [0.15, 0.2) is 11.5 Å². The van der Waals surface area contributed by atoms with E-state index in [9.17, 15) is 13.2 Å². The summed E-state index contributed by atoms with van der Waals surface area (Å²) in [4.78, 5) is 12.8. The number of hydrogen-bond donors (Lipinski definition) is 1. The fraction of sp³-hybridized carbons (Fsp3) is 0.350. The number of hydrogen-bond acceptors (Lipinski definition) is 5. The second-order valence-corrected chi connectivity index (χ2v) is 8.13. The topological polar surface area (TPSA) is 84.9 Å². The summed E-state index contributed by atoms with van der Waals surface area (Å²) in [7, 11) is -0.783. The lowest BCUT2D eigenvalue weighted by molar-refractivity contribution is -0.116. The molecule has 0 aliphatic rings. The summed E-state index contributed by atoms with van der Waals surface area (Å²) in [5.74, 6) is 0.410. The van der Waals surface area contributed by atoms with Crippen LogP contribution >= 0.6 is 0 Å². The van der Waals surface area contributed by atoms with Crippen molar-refractivity contribution in [1.29, 1.82) is 0 Å². The molecule has 1 amide bonds. The third-order valence-electron chi connectivity index (χ3n) is 4.37. The van der Waals surface area contributed by atoms with Crippen molar-refractivity contribution in [1.82, 2.24) is 0 Å². The van der Waals surface area contributed by atoms with Gasteiger partial charge in [0.1, 0.15) is 6.04 Å². The lowest BCUT2D eigenvalue weighted by atomic mass is 10.1. The monoisotopic (exact) mass is 406 g/mol. The van der Waals surface area contributed by atoms with Gasteiger partial charge in [-0.25, -0.2) is 8.42 Å². The fourth-order valence-corrected chi connectivity index (χ4v) is 4.13. The first kappa shape index (κ1) is 21.6. The normalized spacial score (nSPS) is 12.2. The van der Waals surface area contributed by atoms with Gasteiger partial charge in [-0.1, -0.05) is 25.1 Å². The van der Waals surface area contributed by atoms with E-state index in [0.29, 0.717) is 22.9 Å². The summed E-state index contributed by atoms with van der Waals surface area (Å²) < 4.78 is 36.5. The minimum Gasteiger partial charge on any atom is -0.493 e. The molecular formula is C20H26N2O5S. The van der Waals surface area contributed by atoms with Crippen LogP contribution in [0.3, 0.4) is 0 Å². The van der Waals surface area contributed by atoms with Gasteiger partial charge in [0.2, 0.25) is 15.9 Å². The van der Waals surface area contributed by atoms with Crippen LogP contribution in [0.1, 0.15) is 19.4 Å². The highest BCUT2D eigenvalue weighted by atomic mass is 32.2. The van der Waals surface area contributed by atoms with E-state index in [0.717, 1.165) is 22.5 Å². The van der Waals surface area contributed by atoms with Gasteiger partial charge >= 0.3 is 0 Å². The van der Waals surface area contributed by atoms with E-state index in [1.54, 1.807) is 25.1 Å². The average molecular weight is 407 g/mol. The predicted molar refractivity (Wildman–Crippen MR) is 111 cm³/mol. The van der Waals surface area contributed by atoms with Crippen molar-refractivity contribution in [2.24, 2.45) is 0 Å². The van der Waals surface area contributed by atoms with Crippen molar-refractivity contribution in [3.8, 4) is 11.5 Å². The summed E-state index contributed by atoms with van der Waals surface area (Å²) in [6.07, 6.45) is 1.81. The van der Waals surface area contributed by atoms with Crippen LogP contribution in [0.2, 0.25) is 0 Å². The van der Waals surface area contributed by atoms with Gasteiger partial charge in [0.05, 0.1) is 26.2 Å². The SMILES string of the molecule is CCc1ccccc1NC(=O)C(C)N(c1ccc(OC)c(OC)c1)S(C)(=O)=O. The summed E-state index contributed by atoms with van der Waals surface area (Å²) in [6.45, 7) is 3.53. The third kappa shape index (κ3) is 4.75. The predicted octanol–water partition coefficient (Wildman–Crippen LogP) is 3.06. The highest BCUT2D eigenvalue weighted by molar-refractivity contribution is 7.92. The number of carbonyl (C=O) groups excluding carboxylic acids is 1. The lowest BCUT2D eigenvalue weighted by Gasteiger charge is -2.29. The van der Waals surface area contributed by atoms with Gasteiger partial charge in [-0.3, -0.25) is 9.10 Å². The Kier molecular flexibility index (Phi) is 6.90. The molecule has 1 atom stereocenters. The van der Waals surface area contributed by atoms with Crippen LogP contribution in [0.4, 0.5) is 11.4 Å². The molecule has 0 aliphatic heterocycles. The zero-order valence-electron chi connectivity index (χ0n) is 16.7. The molecule has 152 valence electrons. The molecule has 0 bridgehead atoms. The van der Waals surface area contributed by atoms with E-state index in [2.05, 4.69) is 5.32 Å². The maximum atomic E-state index is 12.8. The number of ether oxygens (including phenoxy) is 2. The largest absolute Gasteiger partial charge is 0.493 e. The van der Waals surface area contributed by atoms with Crippen molar-refractivity contribution in [3.63, 3.8) is 0 Å². The van der Waals surface area contributed by atoms with Gasteiger partial charge in [0.25, 0.3) is 0 Å². The highest BCUT2D eigenvalue weighted by Crippen LogP contribution is 2.33. The number of benzene rings is 2. The molecule has 28 heavy (non-hydrogen) atoms. The van der Waals surface area contributed by atoms with E-state index in [-0.39, 0.29) is 0 Å². The highest BCUT2D eigenvalue weighted by Gasteiger charge is 2.30. The molecule has 7 nitrogen and oxygen atoms in total. The first-order chi connectivity index (χ1) is 13.2. The number of carbonyl (C=O) groups is 1. The van der Waals surface area contributed by atoms with Crippen molar-refractivity contribution >= 4 is 27.3 Å². The Morgan fingerprint density at radius 2 is 1.75 bits per heavy atom. The number of methoxy groups -OCH3 is 2. The molecule has 2 aromatic rings. The summed E-state index contributed by atoms with van der Waals surface area (Å²) in [6, 6.07) is 11.2. The summed E-state index contributed by atoms with van der Waals surface area (Å²) in [5.41, 5.74) is 1.95. The van der Waals surface area contributed by atoms with Gasteiger partial charge in [-0.15, -0.1) is 0 Å². The first-order valence-corrected chi connectivity index (χ1v) is 10.7. The molecule has 0 aliphatic carbocycles. The molecule has 1 N–H and O–H groups in total. The maximum absolute atomic E-state index is 12.8. The average Bonchev–Trinajstić information content (AvgIpc) is 2.67. The molecule has 0 aromatic heterocycles. The number of nitrogens with one attached hydrogen (secondary N) is 1. The van der Waals surface area contributed by atoms with Crippen molar-refractivity contribution < 1.29 is 22.7 Å². The van der Waals surface area contributed by atoms with Gasteiger partial charge in [-0.05, 0) is 37.1 Å². The van der Waals surface area contributed by atoms with Crippen LogP contribution < -0.4 is 19.1 Å². The Hall–Kier alpha value is -2.74. The minimum atomic E-state index is -3.74. The van der Waals surface area contributed by atoms with E-state index in [1.807, 2.05) is 25.1 Å². The van der Waals surface area contributed by atoms with Crippen LogP contribution in [0.15, 0.2) is 42.5 Å². The van der Waals surface area contributed by atoms with Crippen LogP contribution in [0.25, 0.3) is 0 Å². The third-order valence-corrected chi connectivity index (χ3v) is 5.61. The van der Waals surface area contributed by atoms with E-state index in [4.69, 9.17) is 9.47 Å². The molecule has 2 aromatic carbocycles. The molecular weight excluding hydrogens is 380 g/mol. The lowest BCUT2D eigenvalue weighted by Crippen LogP contribution is -2.45. The van der Waals surface area contributed by atoms with Gasteiger partial charge in [0, 0.05) is 11.8 Å². The van der Waals surface area contributed by atoms with Crippen molar-refractivity contribution in [2.75, 3.05) is 30.1 Å². The standard InChI is InChI=1S/C20H26N2O5S/c1-6-15-9-7-8-10-17(15)21-20(23)14(2)22(28(5,24)25)16-11-12-18(26-3)19(13-16)27-4/h7-14H,6H2,1-5H3,(H,21,23). The Balaban J connectivity index is 2.39. The van der Waals surface area contributed by atoms with Crippen LogP contribution in [-0.4, -0.2) is 40.8 Å². The molecule has 8 heteroatoms. The van der Waals surface area contributed by atoms with Gasteiger partial charge < -0.3 is 14.8 Å². The Morgan fingerprint density at radius 1 is 1.11 bits per heavy atom. The molecule has 2 rings (SSSR count). The molecule has 0 radical (unpaired) electrons. The number of aryl methyl sites for hydroxylation is 1. The molecule has 0 saturated carbocycles. The van der Waals surface area contributed by atoms with Crippen LogP contribution in [0, 0.1) is 0 Å². The molecule has 0 saturated heterocycles. The molecule has 0 fully saturated rings. The first-order valence-electron chi connectivity index (χ1n) is 8.83. The number of sulfonamides is 1. The molecule has 0 heterocycles. The molecule has 1 unspecified atom stereocenters. The molecule has 0 spiro atoms. The fourth-order valence-electron chi connectivity index (χ4n) is 2.96. The summed E-state index contributed by atoms with van der Waals surface area (Å²) in [5, 5.41) is 2.83. The van der Waals surface area contributed by atoms with Crippen molar-refractivity contribution in [3.05, 3.63) is 48.0 Å². The number of anilines is 2. The number of amides is 1. The van der Waals surface area contributed by atoms with Crippen LogP contribution in [0.5, 0.6) is 11.5 Å². The number of para-hydroxylation sites is 1. The zero-order valence-corrected chi connectivity index (χ0v) is 17.5. The van der Waals surface area contributed by atoms with Crippen molar-refractivity contribution in [2.45, 2.75) is 26.3 Å². The number of rotatable bonds is 8. The Morgan fingerprint density at radius 3 is 2.32 bits per heavy atom. The van der Waals surface area contributed by atoms with E-state index >= 15 is 0 Å². The second kappa shape index (κ2) is 8.97. The second-order valence-electron chi connectivity index (χ2n) is 6.27. The summed E-state index contributed by atoms with van der Waals surface area (Å²) >= 11 is 0. The maximum Gasteiger partial charge on any atom is 0.248 e. The van der Waals surface area contributed by atoms with Crippen LogP contribution in [-0.2, 0) is 21.2 Å². The Bertz CT molecular complexity index is 943.